The van der Waals surface area contributed by atoms with Gasteiger partial charge in [-0.25, -0.2) is 0 Å². The lowest BCUT2D eigenvalue weighted by molar-refractivity contribution is -0.179. The largest absolute Gasteiger partial charge is 0.504 e. The van der Waals surface area contributed by atoms with Crippen molar-refractivity contribution in [1.82, 2.24) is 4.90 Å². The summed E-state index contributed by atoms with van der Waals surface area (Å²) in [5.41, 5.74) is 3.84. The van der Waals surface area contributed by atoms with Gasteiger partial charge in [0.15, 0.2) is 23.4 Å². The van der Waals surface area contributed by atoms with Gasteiger partial charge in [-0.05, 0) is 72.5 Å². The average Bonchev–Trinajstić information content (AvgIpc) is 3.67. The minimum atomic E-state index is -1.14. The van der Waals surface area contributed by atoms with Crippen LogP contribution in [0.5, 0.6) is 11.5 Å². The van der Waals surface area contributed by atoms with Crippen LogP contribution in [0, 0.1) is 5.92 Å². The number of piperidine rings is 1. The summed E-state index contributed by atoms with van der Waals surface area (Å²) < 4.78 is 6.34. The monoisotopic (exact) mass is 505 g/mol. The molecule has 1 saturated heterocycles. The zero-order valence-corrected chi connectivity index (χ0v) is 21.3. The highest BCUT2D eigenvalue weighted by Crippen LogP contribution is 2.65. The lowest BCUT2D eigenvalue weighted by Crippen LogP contribution is -2.77. The van der Waals surface area contributed by atoms with E-state index >= 15 is 0 Å². The first-order valence-electron chi connectivity index (χ1n) is 13.9. The SMILES string of the molecule is O=C1/C(=C/c2ccc(-c3ccccc3)cc2)C[C@@]2(O)[C@H]3Cc4ccc(O)c5c4[C@@]2(CCN3CC2CC2)[C@H]1O5. The number of phenolic OH excluding ortho intramolecular Hbond substituents is 1. The molecular formula is C33H31NO4. The Labute approximate surface area is 222 Å². The molecule has 3 aromatic carbocycles. The van der Waals surface area contributed by atoms with E-state index in [1.807, 2.05) is 42.5 Å². The second kappa shape index (κ2) is 7.81. The van der Waals surface area contributed by atoms with Crippen molar-refractivity contribution in [3.63, 3.8) is 0 Å². The Bertz CT molecular complexity index is 1490. The van der Waals surface area contributed by atoms with E-state index in [1.54, 1.807) is 6.07 Å². The van der Waals surface area contributed by atoms with Gasteiger partial charge in [-0.2, -0.15) is 0 Å². The molecule has 5 heteroatoms. The number of rotatable bonds is 4. The van der Waals surface area contributed by atoms with E-state index in [2.05, 4.69) is 29.2 Å². The highest BCUT2D eigenvalue weighted by molar-refractivity contribution is 6.06. The van der Waals surface area contributed by atoms with Gasteiger partial charge in [-0.1, -0.05) is 60.7 Å². The summed E-state index contributed by atoms with van der Waals surface area (Å²) in [5.74, 6) is 1.11. The molecule has 2 N–H and O–H groups in total. The molecule has 4 atom stereocenters. The highest BCUT2D eigenvalue weighted by atomic mass is 16.5. The van der Waals surface area contributed by atoms with Crippen LogP contribution in [0.4, 0.5) is 0 Å². The predicted molar refractivity (Wildman–Crippen MR) is 145 cm³/mol. The number of nitrogens with zero attached hydrogens (tertiary/aromatic N) is 1. The van der Waals surface area contributed by atoms with Crippen LogP contribution < -0.4 is 4.74 Å². The zero-order valence-electron chi connectivity index (χ0n) is 21.3. The van der Waals surface area contributed by atoms with Gasteiger partial charge < -0.3 is 14.9 Å². The number of aliphatic hydroxyl groups is 1. The number of carbonyl (C=O) groups excluding carboxylic acids is 1. The van der Waals surface area contributed by atoms with Crippen molar-refractivity contribution in [2.45, 2.75) is 55.3 Å². The molecular weight excluding hydrogens is 474 g/mol. The summed E-state index contributed by atoms with van der Waals surface area (Å²) in [6.07, 6.45) is 5.30. The molecule has 0 amide bonds. The Balaban J connectivity index is 1.22. The number of carbonyl (C=O) groups is 1. The van der Waals surface area contributed by atoms with Crippen molar-refractivity contribution >= 4 is 11.9 Å². The van der Waals surface area contributed by atoms with E-state index in [-0.39, 0.29) is 17.6 Å². The number of aromatic hydroxyl groups is 1. The van der Waals surface area contributed by atoms with Gasteiger partial charge in [0.2, 0.25) is 0 Å². The van der Waals surface area contributed by atoms with E-state index < -0.39 is 17.1 Å². The van der Waals surface area contributed by atoms with Gasteiger partial charge >= 0.3 is 0 Å². The van der Waals surface area contributed by atoms with Gasteiger partial charge in [-0.15, -0.1) is 0 Å². The number of ether oxygens (including phenoxy) is 1. The molecule has 3 aromatic rings. The molecule has 0 radical (unpaired) electrons. The first-order valence-corrected chi connectivity index (χ1v) is 13.9. The van der Waals surface area contributed by atoms with Crippen molar-refractivity contribution in [3.05, 3.63) is 89.0 Å². The van der Waals surface area contributed by atoms with Crippen LogP contribution in [0.1, 0.15) is 42.4 Å². The van der Waals surface area contributed by atoms with Crippen molar-refractivity contribution in [2.24, 2.45) is 5.92 Å². The van der Waals surface area contributed by atoms with Crippen LogP contribution in [0.15, 0.2) is 72.3 Å². The van der Waals surface area contributed by atoms with Crippen LogP contribution >= 0.6 is 0 Å². The van der Waals surface area contributed by atoms with E-state index in [9.17, 15) is 15.0 Å². The van der Waals surface area contributed by atoms with Crippen molar-refractivity contribution in [1.29, 1.82) is 0 Å². The standard InChI is InChI=1S/C33H31NO4/c35-26-13-12-24-17-27-33(37)18-25(16-20-8-10-23(11-9-20)22-4-2-1-3-5-22)29(36)31-32(33,28(24)30(26)38-31)14-15-34(27)19-21-6-7-21/h1-5,8-13,16,21,27,31,35,37H,6-7,14-15,17-19H2/b25-16+/t27-,31+,32+,33-/m1/s1. The first kappa shape index (κ1) is 22.6. The Hall–Kier alpha value is -3.41. The van der Waals surface area contributed by atoms with Gasteiger partial charge in [0.05, 0.1) is 11.0 Å². The Morgan fingerprint density at radius 3 is 2.53 bits per heavy atom. The number of hydrogen-bond donors (Lipinski definition) is 2. The third kappa shape index (κ3) is 2.97. The second-order valence-electron chi connectivity index (χ2n) is 11.9. The van der Waals surface area contributed by atoms with Gasteiger partial charge in [0, 0.05) is 30.1 Å². The van der Waals surface area contributed by atoms with E-state index in [4.69, 9.17) is 4.74 Å². The van der Waals surface area contributed by atoms with Gasteiger partial charge in [-0.3, -0.25) is 9.69 Å². The first-order chi connectivity index (χ1) is 18.5. The van der Waals surface area contributed by atoms with E-state index in [1.165, 1.54) is 12.8 Å². The minimum Gasteiger partial charge on any atom is -0.504 e. The quantitative estimate of drug-likeness (QED) is 0.495. The van der Waals surface area contributed by atoms with Crippen molar-refractivity contribution < 1.29 is 19.7 Å². The van der Waals surface area contributed by atoms with Crippen LogP contribution in [-0.4, -0.2) is 51.7 Å². The average molecular weight is 506 g/mol. The zero-order chi connectivity index (χ0) is 25.6. The maximum Gasteiger partial charge on any atom is 0.200 e. The summed E-state index contributed by atoms with van der Waals surface area (Å²) in [6, 6.07) is 22.0. The van der Waals surface area contributed by atoms with Crippen LogP contribution in [-0.2, 0) is 16.6 Å². The molecule has 192 valence electrons. The maximum absolute atomic E-state index is 14.1. The molecule has 3 aliphatic carbocycles. The van der Waals surface area contributed by atoms with Crippen molar-refractivity contribution in [2.75, 3.05) is 13.1 Å². The fourth-order valence-corrected chi connectivity index (χ4v) is 7.91. The summed E-state index contributed by atoms with van der Waals surface area (Å²) in [6.45, 7) is 1.84. The lowest BCUT2D eigenvalue weighted by Gasteiger charge is -2.62. The predicted octanol–water partition coefficient (Wildman–Crippen LogP) is 4.89. The Morgan fingerprint density at radius 1 is 1.00 bits per heavy atom. The number of benzene rings is 3. The fourth-order valence-electron chi connectivity index (χ4n) is 7.91. The maximum atomic E-state index is 14.1. The molecule has 0 aromatic heterocycles. The Kier molecular flexibility index (Phi) is 4.64. The molecule has 5 aliphatic rings. The molecule has 2 aliphatic heterocycles. The molecule has 0 unspecified atom stereocenters. The normalized spacial score (nSPS) is 32.2. The number of phenols is 1. The number of ketones is 1. The number of hydrogen-bond acceptors (Lipinski definition) is 5. The third-order valence-electron chi connectivity index (χ3n) is 9.89. The molecule has 5 nitrogen and oxygen atoms in total. The smallest absolute Gasteiger partial charge is 0.200 e. The van der Waals surface area contributed by atoms with Crippen LogP contribution in [0.25, 0.3) is 17.2 Å². The second-order valence-corrected chi connectivity index (χ2v) is 11.9. The number of Topliss-reactive ketones (excluding diaryl/α,β-unsaturated/α-hetero) is 1. The summed E-state index contributed by atoms with van der Waals surface area (Å²) in [5, 5.41) is 23.5. The molecule has 3 fully saturated rings. The Morgan fingerprint density at radius 2 is 1.76 bits per heavy atom. The van der Waals surface area contributed by atoms with Gasteiger partial charge in [0.1, 0.15) is 0 Å². The van der Waals surface area contributed by atoms with E-state index in [0.29, 0.717) is 36.5 Å². The van der Waals surface area contributed by atoms with E-state index in [0.717, 1.165) is 40.9 Å². The van der Waals surface area contributed by atoms with Gasteiger partial charge in [0.25, 0.3) is 0 Å². The fraction of sp³-hybridized carbons (Fsp3) is 0.364. The summed E-state index contributed by atoms with van der Waals surface area (Å²) in [4.78, 5) is 16.5. The highest BCUT2D eigenvalue weighted by Gasteiger charge is 2.74. The number of likely N-dealkylation sites (tertiary alicyclic amines) is 1. The molecule has 2 bridgehead atoms. The topological polar surface area (TPSA) is 70.0 Å². The minimum absolute atomic E-state index is 0.0589. The molecule has 2 saturated carbocycles. The molecule has 2 heterocycles. The summed E-state index contributed by atoms with van der Waals surface area (Å²) in [7, 11) is 0. The van der Waals surface area contributed by atoms with Crippen LogP contribution in [0.3, 0.4) is 0 Å². The van der Waals surface area contributed by atoms with Crippen molar-refractivity contribution in [3.8, 4) is 22.6 Å². The lowest BCUT2D eigenvalue weighted by atomic mass is 9.48. The van der Waals surface area contributed by atoms with Crippen LogP contribution in [0.2, 0.25) is 0 Å². The molecule has 38 heavy (non-hydrogen) atoms. The summed E-state index contributed by atoms with van der Waals surface area (Å²) >= 11 is 0. The molecule has 1 spiro atoms. The third-order valence-corrected chi connectivity index (χ3v) is 9.89. The molecule has 8 rings (SSSR count).